The molecule has 0 bridgehead atoms. The smallest absolute Gasteiger partial charge is 0.273 e. The zero-order valence-corrected chi connectivity index (χ0v) is 14.3. The number of hydrogen-bond donors (Lipinski definition) is 1. The van der Waals surface area contributed by atoms with Crippen molar-refractivity contribution in [2.24, 2.45) is 0 Å². The molecule has 3 rings (SSSR count). The van der Waals surface area contributed by atoms with Crippen LogP contribution in [0.5, 0.6) is 0 Å². The lowest BCUT2D eigenvalue weighted by Gasteiger charge is -2.34. The predicted molar refractivity (Wildman–Crippen MR) is 92.0 cm³/mol. The second-order valence-corrected chi connectivity index (χ2v) is 6.36. The van der Waals surface area contributed by atoms with Gasteiger partial charge < -0.3 is 14.7 Å². The van der Waals surface area contributed by atoms with Gasteiger partial charge in [-0.15, -0.1) is 0 Å². The lowest BCUT2D eigenvalue weighted by molar-refractivity contribution is -0.384. The van der Waals surface area contributed by atoms with E-state index in [4.69, 9.17) is 16.1 Å². The SMILES string of the molecule is Cc1cc(C(=O)NC2CCN(c3ccc([N+](=O)[O-])cc3Cl)CC2)no1. The first-order valence-corrected chi connectivity index (χ1v) is 8.25. The summed E-state index contributed by atoms with van der Waals surface area (Å²) in [6.07, 6.45) is 1.49. The molecule has 1 aromatic heterocycles. The minimum absolute atomic E-state index is 0.0289. The number of piperidine rings is 1. The zero-order valence-electron chi connectivity index (χ0n) is 13.6. The fourth-order valence-corrected chi connectivity index (χ4v) is 3.16. The van der Waals surface area contributed by atoms with Crippen molar-refractivity contribution in [1.82, 2.24) is 10.5 Å². The number of carbonyl (C=O) groups excluding carboxylic acids is 1. The van der Waals surface area contributed by atoms with E-state index < -0.39 is 4.92 Å². The van der Waals surface area contributed by atoms with Crippen molar-refractivity contribution in [1.29, 1.82) is 0 Å². The molecular weight excluding hydrogens is 348 g/mol. The van der Waals surface area contributed by atoms with Gasteiger partial charge in [-0.3, -0.25) is 14.9 Å². The molecule has 0 spiro atoms. The van der Waals surface area contributed by atoms with Crippen molar-refractivity contribution in [2.75, 3.05) is 18.0 Å². The van der Waals surface area contributed by atoms with Crippen LogP contribution in [0.2, 0.25) is 5.02 Å². The summed E-state index contributed by atoms with van der Waals surface area (Å²) in [4.78, 5) is 24.5. The number of anilines is 1. The van der Waals surface area contributed by atoms with Gasteiger partial charge in [0.25, 0.3) is 11.6 Å². The molecule has 1 aliphatic heterocycles. The molecule has 2 heterocycles. The minimum atomic E-state index is -0.469. The molecular formula is C16H17ClN4O4. The molecule has 1 amide bonds. The third-order valence-corrected chi connectivity index (χ3v) is 4.48. The number of benzene rings is 1. The summed E-state index contributed by atoms with van der Waals surface area (Å²) in [5, 5.41) is 17.8. The average Bonchev–Trinajstić information content (AvgIpc) is 3.02. The van der Waals surface area contributed by atoms with Crippen LogP contribution in [-0.2, 0) is 0 Å². The number of nitrogens with zero attached hydrogens (tertiary/aromatic N) is 3. The van der Waals surface area contributed by atoms with Crippen LogP contribution >= 0.6 is 11.6 Å². The van der Waals surface area contributed by atoms with Crippen LogP contribution in [0.3, 0.4) is 0 Å². The molecule has 0 aliphatic carbocycles. The number of carbonyl (C=O) groups is 1. The Balaban J connectivity index is 1.58. The van der Waals surface area contributed by atoms with E-state index in [0.717, 1.165) is 18.5 Å². The van der Waals surface area contributed by atoms with Crippen molar-refractivity contribution in [2.45, 2.75) is 25.8 Å². The van der Waals surface area contributed by atoms with E-state index in [-0.39, 0.29) is 23.3 Å². The summed E-state index contributed by atoms with van der Waals surface area (Å²) in [5.41, 5.74) is 1.02. The molecule has 8 nitrogen and oxygen atoms in total. The Hall–Kier alpha value is -2.61. The quantitative estimate of drug-likeness (QED) is 0.661. The van der Waals surface area contributed by atoms with E-state index in [2.05, 4.69) is 15.4 Å². The maximum Gasteiger partial charge on any atom is 0.273 e. The van der Waals surface area contributed by atoms with E-state index in [9.17, 15) is 14.9 Å². The van der Waals surface area contributed by atoms with Crippen LogP contribution in [0.25, 0.3) is 0 Å². The van der Waals surface area contributed by atoms with Gasteiger partial charge in [-0.25, -0.2) is 0 Å². The van der Waals surface area contributed by atoms with E-state index in [1.807, 2.05) is 0 Å². The number of amides is 1. The first-order chi connectivity index (χ1) is 11.9. The van der Waals surface area contributed by atoms with E-state index >= 15 is 0 Å². The lowest BCUT2D eigenvalue weighted by atomic mass is 10.0. The summed E-state index contributed by atoms with van der Waals surface area (Å²) in [6.45, 7) is 3.12. The fourth-order valence-electron chi connectivity index (χ4n) is 2.86. The molecule has 1 aliphatic rings. The molecule has 1 N–H and O–H groups in total. The number of non-ortho nitro benzene ring substituents is 1. The van der Waals surface area contributed by atoms with Gasteiger partial charge in [0.2, 0.25) is 0 Å². The topological polar surface area (TPSA) is 102 Å². The summed E-state index contributed by atoms with van der Waals surface area (Å²) < 4.78 is 4.91. The van der Waals surface area contributed by atoms with Crippen molar-refractivity contribution in [3.05, 3.63) is 50.9 Å². The molecule has 25 heavy (non-hydrogen) atoms. The maximum atomic E-state index is 12.1. The largest absolute Gasteiger partial charge is 0.370 e. The monoisotopic (exact) mass is 364 g/mol. The number of aryl methyl sites for hydroxylation is 1. The van der Waals surface area contributed by atoms with Gasteiger partial charge in [0, 0.05) is 37.3 Å². The maximum absolute atomic E-state index is 12.1. The Kier molecular flexibility index (Phi) is 4.89. The van der Waals surface area contributed by atoms with Crippen molar-refractivity contribution < 1.29 is 14.2 Å². The number of rotatable bonds is 4. The Bertz CT molecular complexity index is 799. The molecule has 132 valence electrons. The predicted octanol–water partition coefficient (Wildman–Crippen LogP) is 2.94. The van der Waals surface area contributed by atoms with Crippen molar-refractivity contribution in [3.8, 4) is 0 Å². The summed E-state index contributed by atoms with van der Waals surface area (Å²) in [7, 11) is 0. The molecule has 1 aromatic carbocycles. The third-order valence-electron chi connectivity index (χ3n) is 4.17. The molecule has 0 radical (unpaired) electrons. The Labute approximate surface area is 148 Å². The van der Waals surface area contributed by atoms with Gasteiger partial charge in [-0.05, 0) is 25.8 Å². The highest BCUT2D eigenvalue weighted by molar-refractivity contribution is 6.33. The van der Waals surface area contributed by atoms with Crippen molar-refractivity contribution >= 4 is 28.9 Å². The molecule has 1 fully saturated rings. The van der Waals surface area contributed by atoms with Gasteiger partial charge in [0.15, 0.2) is 5.69 Å². The van der Waals surface area contributed by atoms with Gasteiger partial charge in [0.05, 0.1) is 15.6 Å². The van der Waals surface area contributed by atoms with Crippen LogP contribution in [0.4, 0.5) is 11.4 Å². The summed E-state index contributed by atoms with van der Waals surface area (Å²) in [5.74, 6) is 0.344. The van der Waals surface area contributed by atoms with Gasteiger partial charge >= 0.3 is 0 Å². The second kappa shape index (κ2) is 7.10. The Morgan fingerprint density at radius 2 is 2.12 bits per heavy atom. The number of hydrogen-bond acceptors (Lipinski definition) is 6. The normalized spacial score (nSPS) is 15.2. The number of nitro groups is 1. The molecule has 0 atom stereocenters. The lowest BCUT2D eigenvalue weighted by Crippen LogP contribution is -2.44. The first kappa shape index (κ1) is 17.2. The molecule has 1 saturated heterocycles. The van der Waals surface area contributed by atoms with Crippen molar-refractivity contribution in [3.63, 3.8) is 0 Å². The molecule has 2 aromatic rings. The minimum Gasteiger partial charge on any atom is -0.370 e. The van der Waals surface area contributed by atoms with E-state index in [1.165, 1.54) is 12.1 Å². The first-order valence-electron chi connectivity index (χ1n) is 7.87. The number of nitro benzene ring substituents is 1. The van der Waals surface area contributed by atoms with Crippen LogP contribution in [0, 0.1) is 17.0 Å². The van der Waals surface area contributed by atoms with Gasteiger partial charge in [-0.1, -0.05) is 16.8 Å². The third kappa shape index (κ3) is 3.90. The summed E-state index contributed by atoms with van der Waals surface area (Å²) >= 11 is 6.18. The number of aromatic nitrogens is 1. The van der Waals surface area contributed by atoms with Crippen LogP contribution in [0.1, 0.15) is 29.1 Å². The van der Waals surface area contributed by atoms with Crippen LogP contribution in [0.15, 0.2) is 28.8 Å². The zero-order chi connectivity index (χ0) is 18.0. The molecule has 0 saturated carbocycles. The number of halogens is 1. The van der Waals surface area contributed by atoms with E-state index in [0.29, 0.717) is 23.9 Å². The van der Waals surface area contributed by atoms with Crippen LogP contribution < -0.4 is 10.2 Å². The standard InChI is InChI=1S/C16H17ClN4O4/c1-10-8-14(19-25-10)16(22)18-11-4-6-20(7-5-11)15-3-2-12(21(23)24)9-13(15)17/h2-3,8-9,11H,4-7H2,1H3,(H,18,22). The molecule has 0 unspecified atom stereocenters. The highest BCUT2D eigenvalue weighted by Gasteiger charge is 2.24. The molecule has 9 heteroatoms. The fraction of sp³-hybridized carbons (Fsp3) is 0.375. The Morgan fingerprint density at radius 3 is 2.68 bits per heavy atom. The van der Waals surface area contributed by atoms with Gasteiger partial charge in [-0.2, -0.15) is 0 Å². The van der Waals surface area contributed by atoms with Gasteiger partial charge in [0.1, 0.15) is 5.76 Å². The van der Waals surface area contributed by atoms with Crippen LogP contribution in [-0.4, -0.2) is 35.1 Å². The highest BCUT2D eigenvalue weighted by Crippen LogP contribution is 2.31. The van der Waals surface area contributed by atoms with E-state index in [1.54, 1.807) is 19.1 Å². The number of nitrogens with one attached hydrogen (secondary N) is 1. The highest BCUT2D eigenvalue weighted by atomic mass is 35.5. The second-order valence-electron chi connectivity index (χ2n) is 5.95. The summed E-state index contributed by atoms with van der Waals surface area (Å²) in [6, 6.07) is 6.11. The Morgan fingerprint density at radius 1 is 1.40 bits per heavy atom. The average molecular weight is 365 g/mol.